The van der Waals surface area contributed by atoms with Crippen LogP contribution in [0.5, 0.6) is 5.88 Å². The van der Waals surface area contributed by atoms with Gasteiger partial charge in [-0.05, 0) is 26.8 Å². The van der Waals surface area contributed by atoms with E-state index in [4.69, 9.17) is 14.2 Å². The van der Waals surface area contributed by atoms with Gasteiger partial charge in [0.15, 0.2) is 5.65 Å². The zero-order valence-electron chi connectivity index (χ0n) is 14.3. The number of nitrogens with zero attached hydrogens (tertiary/aromatic N) is 3. The molecule has 0 spiro atoms. The van der Waals surface area contributed by atoms with E-state index in [0.29, 0.717) is 17.8 Å². The summed E-state index contributed by atoms with van der Waals surface area (Å²) >= 11 is 0. The number of hydrogen-bond donors (Lipinski definition) is 0. The van der Waals surface area contributed by atoms with Gasteiger partial charge in [-0.3, -0.25) is 4.68 Å². The number of hydrogen-bond acceptors (Lipinski definition) is 6. The number of fused-ring (bicyclic) bond motifs is 2. The Balaban J connectivity index is 1.78. The van der Waals surface area contributed by atoms with E-state index >= 15 is 0 Å². The first kappa shape index (κ1) is 15.4. The normalized spacial score (nSPS) is 28.2. The van der Waals surface area contributed by atoms with Crippen molar-refractivity contribution in [3.05, 3.63) is 17.8 Å². The van der Waals surface area contributed by atoms with E-state index in [-0.39, 0.29) is 23.1 Å². The summed E-state index contributed by atoms with van der Waals surface area (Å²) in [4.78, 5) is 16.5. The summed E-state index contributed by atoms with van der Waals surface area (Å²) in [5, 5.41) is 5.42. The second kappa shape index (κ2) is 4.92. The van der Waals surface area contributed by atoms with Crippen LogP contribution in [-0.4, -0.2) is 46.2 Å². The molecule has 2 aromatic heterocycles. The van der Waals surface area contributed by atoms with E-state index in [1.807, 2.05) is 24.7 Å². The quantitative estimate of drug-likeness (QED) is 0.800. The number of carbonyl (C=O) groups is 1. The van der Waals surface area contributed by atoms with Crippen molar-refractivity contribution in [1.29, 1.82) is 0 Å². The lowest BCUT2D eigenvalue weighted by atomic mass is 9.69. The van der Waals surface area contributed by atoms with E-state index in [1.165, 1.54) is 7.11 Å². The van der Waals surface area contributed by atoms with E-state index in [2.05, 4.69) is 17.0 Å². The molecule has 1 aliphatic carbocycles. The Morgan fingerprint density at radius 1 is 1.42 bits per heavy atom. The smallest absolute Gasteiger partial charge is 0.343 e. The fourth-order valence-electron chi connectivity index (χ4n) is 3.83. The number of methoxy groups -OCH3 is 1. The van der Waals surface area contributed by atoms with Gasteiger partial charge < -0.3 is 14.2 Å². The number of ether oxygens (including phenoxy) is 3. The van der Waals surface area contributed by atoms with Gasteiger partial charge in [-0.25, -0.2) is 4.79 Å². The monoisotopic (exact) mass is 331 g/mol. The minimum atomic E-state index is -0.466. The van der Waals surface area contributed by atoms with Gasteiger partial charge in [0, 0.05) is 24.4 Å². The second-order valence-corrected chi connectivity index (χ2v) is 7.30. The highest BCUT2D eigenvalue weighted by atomic mass is 16.5. The second-order valence-electron chi connectivity index (χ2n) is 7.30. The zero-order chi connectivity index (χ0) is 17.1. The summed E-state index contributed by atoms with van der Waals surface area (Å²) in [7, 11) is 1.35. The lowest BCUT2D eigenvalue weighted by molar-refractivity contribution is 0.00381. The molecule has 0 radical (unpaired) electrons. The van der Waals surface area contributed by atoms with Gasteiger partial charge in [0.05, 0.1) is 31.0 Å². The maximum atomic E-state index is 12.0. The van der Waals surface area contributed by atoms with Crippen LogP contribution >= 0.6 is 0 Å². The minimum Gasteiger partial charge on any atom is -0.474 e. The van der Waals surface area contributed by atoms with Crippen LogP contribution in [0.2, 0.25) is 0 Å². The van der Waals surface area contributed by atoms with Crippen LogP contribution in [0.4, 0.5) is 0 Å². The number of rotatable bonds is 4. The van der Waals surface area contributed by atoms with Crippen molar-refractivity contribution in [1.82, 2.24) is 14.8 Å². The molecule has 128 valence electrons. The Bertz CT molecular complexity index is 821. The van der Waals surface area contributed by atoms with Crippen molar-refractivity contribution in [2.24, 2.45) is 0 Å². The van der Waals surface area contributed by atoms with Crippen LogP contribution in [0.1, 0.15) is 44.0 Å². The van der Waals surface area contributed by atoms with E-state index in [1.54, 1.807) is 6.07 Å². The summed E-state index contributed by atoms with van der Waals surface area (Å²) in [6.45, 7) is 6.56. The molecule has 7 heteroatoms. The zero-order valence-corrected chi connectivity index (χ0v) is 14.3. The Morgan fingerprint density at radius 3 is 2.75 bits per heavy atom. The number of aromatic nitrogens is 3. The summed E-state index contributed by atoms with van der Waals surface area (Å²) in [5.74, 6) is -0.209. The largest absolute Gasteiger partial charge is 0.474 e. The summed E-state index contributed by atoms with van der Waals surface area (Å²) < 4.78 is 18.3. The topological polar surface area (TPSA) is 75.5 Å². The molecule has 2 aliphatic heterocycles. The number of pyridine rings is 1. The molecule has 2 bridgehead atoms. The molecule has 7 nitrogen and oxygen atoms in total. The third-order valence-corrected chi connectivity index (χ3v) is 4.79. The standard InChI is InChI=1S/C17H21N3O4/c1-10(2)24-14-12(15(21)22-4)5-11-6-20(19-13(11)18-14)17-7-16(3,8-17)23-9-17/h5-6,10H,7-9H2,1-4H3. The van der Waals surface area contributed by atoms with Gasteiger partial charge in [0.1, 0.15) is 5.56 Å². The Labute approximate surface area is 139 Å². The number of esters is 1. The first-order valence-electron chi connectivity index (χ1n) is 8.14. The molecule has 24 heavy (non-hydrogen) atoms. The molecular formula is C17H21N3O4. The summed E-state index contributed by atoms with van der Waals surface area (Å²) in [6.07, 6.45) is 3.73. The maximum Gasteiger partial charge on any atom is 0.343 e. The van der Waals surface area contributed by atoms with Crippen LogP contribution in [0.25, 0.3) is 11.0 Å². The Kier molecular flexibility index (Phi) is 3.16. The molecule has 0 N–H and O–H groups in total. The van der Waals surface area contributed by atoms with Gasteiger partial charge in [0.2, 0.25) is 5.88 Å². The van der Waals surface area contributed by atoms with Crippen LogP contribution in [0, 0.1) is 0 Å². The van der Waals surface area contributed by atoms with Crippen LogP contribution < -0.4 is 4.74 Å². The molecule has 2 aromatic rings. The molecular weight excluding hydrogens is 310 g/mol. The van der Waals surface area contributed by atoms with Gasteiger partial charge in [-0.2, -0.15) is 10.1 Å². The third-order valence-electron chi connectivity index (χ3n) is 4.79. The summed E-state index contributed by atoms with van der Waals surface area (Å²) in [6, 6.07) is 1.74. The minimum absolute atomic E-state index is 0.0192. The molecule has 4 heterocycles. The highest BCUT2D eigenvalue weighted by molar-refractivity contribution is 5.95. The van der Waals surface area contributed by atoms with Crippen molar-refractivity contribution in [3.8, 4) is 5.88 Å². The van der Waals surface area contributed by atoms with Crippen LogP contribution in [0.3, 0.4) is 0 Å². The van der Waals surface area contributed by atoms with Crippen molar-refractivity contribution in [2.45, 2.75) is 50.9 Å². The molecule has 1 saturated carbocycles. The third kappa shape index (κ3) is 2.18. The molecule has 3 aliphatic rings. The highest BCUT2D eigenvalue weighted by Crippen LogP contribution is 2.55. The predicted molar refractivity (Wildman–Crippen MR) is 86.2 cm³/mol. The van der Waals surface area contributed by atoms with E-state index in [9.17, 15) is 4.79 Å². The average Bonchev–Trinajstić information content (AvgIpc) is 3.15. The molecule has 0 unspecified atom stereocenters. The fraction of sp³-hybridized carbons (Fsp3) is 0.588. The van der Waals surface area contributed by atoms with Gasteiger partial charge >= 0.3 is 5.97 Å². The molecule has 0 amide bonds. The maximum absolute atomic E-state index is 12.0. The van der Waals surface area contributed by atoms with Crippen molar-refractivity contribution in [2.75, 3.05) is 13.7 Å². The Morgan fingerprint density at radius 2 is 2.17 bits per heavy atom. The van der Waals surface area contributed by atoms with Crippen molar-refractivity contribution in [3.63, 3.8) is 0 Å². The first-order valence-corrected chi connectivity index (χ1v) is 8.14. The van der Waals surface area contributed by atoms with Crippen LogP contribution in [-0.2, 0) is 15.0 Å². The van der Waals surface area contributed by atoms with Gasteiger partial charge in [-0.15, -0.1) is 0 Å². The van der Waals surface area contributed by atoms with Gasteiger partial charge in [-0.1, -0.05) is 0 Å². The lowest BCUT2D eigenvalue weighted by Gasteiger charge is -2.42. The molecule has 0 aromatic carbocycles. The fourth-order valence-corrected chi connectivity index (χ4v) is 3.83. The molecule has 3 fully saturated rings. The highest BCUT2D eigenvalue weighted by Gasteiger charge is 2.61. The van der Waals surface area contributed by atoms with Gasteiger partial charge in [0.25, 0.3) is 0 Å². The number of carbonyl (C=O) groups excluding carboxylic acids is 1. The lowest BCUT2D eigenvalue weighted by Crippen LogP contribution is -2.49. The van der Waals surface area contributed by atoms with E-state index in [0.717, 1.165) is 18.2 Å². The van der Waals surface area contributed by atoms with E-state index < -0.39 is 5.97 Å². The van der Waals surface area contributed by atoms with Crippen LogP contribution in [0.15, 0.2) is 12.3 Å². The predicted octanol–water partition coefficient (Wildman–Crippen LogP) is 2.28. The molecule has 0 atom stereocenters. The van der Waals surface area contributed by atoms with Crippen molar-refractivity contribution >= 4 is 17.0 Å². The summed E-state index contributed by atoms with van der Waals surface area (Å²) in [5.41, 5.74) is 0.777. The molecule has 5 rings (SSSR count). The SMILES string of the molecule is COC(=O)c1cc2cn(C34COC(C)(C3)C4)nc2nc1OC(C)C. The molecule has 2 saturated heterocycles. The Hall–Kier alpha value is -2.15. The average molecular weight is 331 g/mol. The van der Waals surface area contributed by atoms with Crippen molar-refractivity contribution < 1.29 is 19.0 Å². The first-order chi connectivity index (χ1) is 11.3.